The van der Waals surface area contributed by atoms with Crippen molar-refractivity contribution in [2.45, 2.75) is 38.5 Å². The summed E-state index contributed by atoms with van der Waals surface area (Å²) in [5.74, 6) is 3.22. The van der Waals surface area contributed by atoms with Crippen molar-refractivity contribution in [3.05, 3.63) is 60.2 Å². The second kappa shape index (κ2) is 6.67. The normalized spacial score (nSPS) is 12.4. The van der Waals surface area contributed by atoms with Gasteiger partial charge in [-0.1, -0.05) is 68.5 Å². The molecule has 0 heterocycles. The van der Waals surface area contributed by atoms with Crippen LogP contribution in [0.15, 0.2) is 54.6 Å². The van der Waals surface area contributed by atoms with E-state index in [0.717, 1.165) is 6.42 Å². The maximum atomic E-state index is 5.77. The van der Waals surface area contributed by atoms with Crippen molar-refractivity contribution in [2.24, 2.45) is 0 Å². The second-order valence-electron chi connectivity index (χ2n) is 6.02. The van der Waals surface area contributed by atoms with E-state index in [1.807, 2.05) is 0 Å². The molecular weight excluding hydrogens is 264 g/mol. The largest absolute Gasteiger partial charge is 0.119 e. The molecule has 0 nitrogen and oxygen atoms in total. The molecule has 0 amide bonds. The minimum atomic E-state index is 0.238. The molecular formula is C22H22. The van der Waals surface area contributed by atoms with Crippen molar-refractivity contribution < 1.29 is 0 Å². The van der Waals surface area contributed by atoms with Gasteiger partial charge in [0.05, 0.1) is 0 Å². The van der Waals surface area contributed by atoms with E-state index in [2.05, 4.69) is 67.4 Å². The Labute approximate surface area is 133 Å². The van der Waals surface area contributed by atoms with Gasteiger partial charge in [0.25, 0.3) is 0 Å². The fourth-order valence-corrected chi connectivity index (χ4v) is 3.12. The molecule has 1 unspecified atom stereocenters. The lowest BCUT2D eigenvalue weighted by Crippen LogP contribution is -1.96. The van der Waals surface area contributed by atoms with Gasteiger partial charge in [-0.3, -0.25) is 0 Å². The van der Waals surface area contributed by atoms with Crippen molar-refractivity contribution >= 4 is 21.5 Å². The average Bonchev–Trinajstić information content (AvgIpc) is 2.56. The molecule has 3 aromatic rings. The molecule has 3 rings (SSSR count). The summed E-state index contributed by atoms with van der Waals surface area (Å²) in [6, 6.07) is 19.7. The molecule has 0 heteroatoms. The maximum Gasteiger partial charge on any atom is 0.0449 e. The summed E-state index contributed by atoms with van der Waals surface area (Å²) in [5, 5.41) is 5.15. The van der Waals surface area contributed by atoms with Crippen LogP contribution in [0.25, 0.3) is 21.5 Å². The van der Waals surface area contributed by atoms with Crippen LogP contribution in [-0.4, -0.2) is 0 Å². The van der Waals surface area contributed by atoms with Crippen molar-refractivity contribution in [1.82, 2.24) is 0 Å². The van der Waals surface area contributed by atoms with E-state index in [9.17, 15) is 0 Å². The van der Waals surface area contributed by atoms with Crippen LogP contribution in [0, 0.1) is 12.3 Å². The minimum absolute atomic E-state index is 0.238. The molecule has 0 saturated heterocycles. The van der Waals surface area contributed by atoms with Gasteiger partial charge in [-0.05, 0) is 51.7 Å². The SMILES string of the molecule is C#CC(CCCCC)c1ccc2cc3ccccc3cc2c1. The van der Waals surface area contributed by atoms with Crippen molar-refractivity contribution in [1.29, 1.82) is 0 Å². The summed E-state index contributed by atoms with van der Waals surface area (Å²) in [6.45, 7) is 2.23. The molecule has 0 aliphatic carbocycles. The highest BCUT2D eigenvalue weighted by Crippen LogP contribution is 2.28. The van der Waals surface area contributed by atoms with Gasteiger partial charge in [0.1, 0.15) is 0 Å². The number of benzene rings is 3. The summed E-state index contributed by atoms with van der Waals surface area (Å²) >= 11 is 0. The molecule has 0 aliphatic rings. The first-order valence-corrected chi connectivity index (χ1v) is 8.20. The molecule has 0 N–H and O–H groups in total. The molecule has 110 valence electrons. The van der Waals surface area contributed by atoms with Gasteiger partial charge >= 0.3 is 0 Å². The van der Waals surface area contributed by atoms with E-state index in [1.54, 1.807) is 0 Å². The predicted octanol–water partition coefficient (Wildman–Crippen LogP) is 6.29. The average molecular weight is 286 g/mol. The molecule has 0 fully saturated rings. The topological polar surface area (TPSA) is 0 Å². The number of terminal acetylenes is 1. The van der Waals surface area contributed by atoms with Crippen LogP contribution in [0.3, 0.4) is 0 Å². The van der Waals surface area contributed by atoms with Crippen LogP contribution < -0.4 is 0 Å². The maximum absolute atomic E-state index is 5.77. The highest BCUT2D eigenvalue weighted by Gasteiger charge is 2.09. The van der Waals surface area contributed by atoms with Gasteiger partial charge in [-0.2, -0.15) is 0 Å². The van der Waals surface area contributed by atoms with Crippen LogP contribution >= 0.6 is 0 Å². The summed E-state index contributed by atoms with van der Waals surface area (Å²) in [7, 11) is 0. The first kappa shape index (κ1) is 14.7. The standard InChI is InChI=1S/C22H22/c1-3-5-6-9-17(4-2)20-12-13-21-14-18-10-7-8-11-19(18)15-22(21)16-20/h2,7-8,10-17H,3,5-6,9H2,1H3. The number of rotatable bonds is 5. The molecule has 1 atom stereocenters. The number of hydrogen-bond acceptors (Lipinski definition) is 0. The van der Waals surface area contributed by atoms with Crippen LogP contribution in [0.2, 0.25) is 0 Å². The summed E-state index contributed by atoms with van der Waals surface area (Å²) in [4.78, 5) is 0. The minimum Gasteiger partial charge on any atom is -0.119 e. The van der Waals surface area contributed by atoms with Gasteiger partial charge < -0.3 is 0 Å². The fourth-order valence-electron chi connectivity index (χ4n) is 3.12. The Bertz CT molecular complexity index is 820. The van der Waals surface area contributed by atoms with Crippen LogP contribution in [-0.2, 0) is 0 Å². The van der Waals surface area contributed by atoms with Crippen molar-refractivity contribution in [3.8, 4) is 12.3 Å². The zero-order valence-corrected chi connectivity index (χ0v) is 13.2. The molecule has 22 heavy (non-hydrogen) atoms. The monoisotopic (exact) mass is 286 g/mol. The lowest BCUT2D eigenvalue weighted by atomic mass is 9.91. The molecule has 0 spiro atoms. The fraction of sp³-hybridized carbons (Fsp3) is 0.273. The lowest BCUT2D eigenvalue weighted by Gasteiger charge is -2.12. The highest BCUT2D eigenvalue weighted by atomic mass is 14.1. The third kappa shape index (κ3) is 3.00. The van der Waals surface area contributed by atoms with Gasteiger partial charge in [0.15, 0.2) is 0 Å². The van der Waals surface area contributed by atoms with Gasteiger partial charge in [-0.25, -0.2) is 0 Å². The van der Waals surface area contributed by atoms with E-state index in [1.165, 1.54) is 46.4 Å². The second-order valence-corrected chi connectivity index (χ2v) is 6.02. The Kier molecular flexibility index (Phi) is 4.45. The first-order valence-electron chi connectivity index (χ1n) is 8.20. The Morgan fingerprint density at radius 3 is 2.23 bits per heavy atom. The van der Waals surface area contributed by atoms with Crippen LogP contribution in [0.5, 0.6) is 0 Å². The third-order valence-electron chi connectivity index (χ3n) is 4.43. The van der Waals surface area contributed by atoms with E-state index in [4.69, 9.17) is 6.42 Å². The van der Waals surface area contributed by atoms with E-state index in [0.29, 0.717) is 0 Å². The molecule has 0 bridgehead atoms. The molecule has 0 aromatic heterocycles. The van der Waals surface area contributed by atoms with Gasteiger partial charge in [0.2, 0.25) is 0 Å². The zero-order valence-electron chi connectivity index (χ0n) is 13.2. The van der Waals surface area contributed by atoms with Crippen molar-refractivity contribution in [2.75, 3.05) is 0 Å². The molecule has 3 aromatic carbocycles. The first-order chi connectivity index (χ1) is 10.8. The Hall–Kier alpha value is -2.26. The smallest absolute Gasteiger partial charge is 0.0449 e. The summed E-state index contributed by atoms with van der Waals surface area (Å²) in [5.41, 5.74) is 1.28. The number of hydrogen-bond donors (Lipinski definition) is 0. The molecule has 0 saturated carbocycles. The number of unbranched alkanes of at least 4 members (excludes halogenated alkanes) is 2. The molecule has 0 aliphatic heterocycles. The van der Waals surface area contributed by atoms with Crippen LogP contribution in [0.1, 0.15) is 44.1 Å². The van der Waals surface area contributed by atoms with E-state index < -0.39 is 0 Å². The lowest BCUT2D eigenvalue weighted by molar-refractivity contribution is 0.638. The Balaban J connectivity index is 1.97. The Morgan fingerprint density at radius 2 is 1.55 bits per heavy atom. The Morgan fingerprint density at radius 1 is 0.864 bits per heavy atom. The number of fused-ring (bicyclic) bond motifs is 2. The van der Waals surface area contributed by atoms with E-state index >= 15 is 0 Å². The van der Waals surface area contributed by atoms with E-state index in [-0.39, 0.29) is 5.92 Å². The predicted molar refractivity (Wildman–Crippen MR) is 97.2 cm³/mol. The summed E-state index contributed by atoms with van der Waals surface area (Å²) < 4.78 is 0. The highest BCUT2D eigenvalue weighted by molar-refractivity contribution is 5.98. The van der Waals surface area contributed by atoms with Gasteiger partial charge in [0, 0.05) is 5.92 Å². The third-order valence-corrected chi connectivity index (χ3v) is 4.43. The van der Waals surface area contributed by atoms with Gasteiger partial charge in [-0.15, -0.1) is 6.42 Å². The quantitative estimate of drug-likeness (QED) is 0.294. The van der Waals surface area contributed by atoms with Crippen molar-refractivity contribution in [3.63, 3.8) is 0 Å². The molecule has 0 radical (unpaired) electrons. The van der Waals surface area contributed by atoms with Crippen LogP contribution in [0.4, 0.5) is 0 Å². The summed E-state index contributed by atoms with van der Waals surface area (Å²) in [6.07, 6.45) is 10.6. The zero-order chi connectivity index (χ0) is 15.4.